The maximum Gasteiger partial charge on any atom is 0.249 e. The fourth-order valence-corrected chi connectivity index (χ4v) is 3.85. The molecule has 5 rings (SSSR count). The minimum absolute atomic E-state index is 0.485. The second-order valence-electron chi connectivity index (χ2n) is 6.26. The summed E-state index contributed by atoms with van der Waals surface area (Å²) in [5.41, 5.74) is 3.83. The van der Waals surface area contributed by atoms with E-state index in [4.69, 9.17) is 4.74 Å². The highest BCUT2D eigenvalue weighted by atomic mass is 32.1. The molecule has 0 saturated carbocycles. The van der Waals surface area contributed by atoms with Crippen LogP contribution in [-0.2, 0) is 0 Å². The zero-order chi connectivity index (χ0) is 19.6. The lowest BCUT2D eigenvalue weighted by molar-refractivity contribution is 0.415. The Morgan fingerprint density at radius 1 is 0.966 bits per heavy atom. The van der Waals surface area contributed by atoms with E-state index in [0.29, 0.717) is 11.8 Å². The first-order valence-corrected chi connectivity index (χ1v) is 9.81. The van der Waals surface area contributed by atoms with Gasteiger partial charge in [0.2, 0.25) is 10.9 Å². The average Bonchev–Trinajstić information content (AvgIpc) is 3.35. The van der Waals surface area contributed by atoms with Crippen LogP contribution >= 0.6 is 11.3 Å². The summed E-state index contributed by atoms with van der Waals surface area (Å²) in [4.78, 5) is 14.0. The largest absolute Gasteiger partial charge is 0.497 e. The summed E-state index contributed by atoms with van der Waals surface area (Å²) >= 11 is 1.53. The van der Waals surface area contributed by atoms with Gasteiger partial charge < -0.3 is 10.1 Å². The molecule has 3 aromatic heterocycles. The fourth-order valence-electron chi connectivity index (χ4n) is 3.02. The molecule has 29 heavy (non-hydrogen) atoms. The Morgan fingerprint density at radius 2 is 1.83 bits per heavy atom. The van der Waals surface area contributed by atoms with Crippen molar-refractivity contribution < 1.29 is 4.74 Å². The minimum atomic E-state index is 0.485. The Hall–Kier alpha value is -3.78. The van der Waals surface area contributed by atoms with Crippen molar-refractivity contribution in [2.45, 2.75) is 0 Å². The van der Waals surface area contributed by atoms with Crippen LogP contribution in [-0.4, -0.2) is 31.7 Å². The van der Waals surface area contributed by atoms with Gasteiger partial charge in [-0.2, -0.15) is 4.98 Å². The zero-order valence-corrected chi connectivity index (χ0v) is 16.3. The molecule has 142 valence electrons. The van der Waals surface area contributed by atoms with Crippen molar-refractivity contribution in [1.82, 2.24) is 24.6 Å². The van der Waals surface area contributed by atoms with Crippen LogP contribution in [0.1, 0.15) is 0 Å². The van der Waals surface area contributed by atoms with Gasteiger partial charge in [-0.3, -0.25) is 0 Å². The normalized spacial score (nSPS) is 10.9. The van der Waals surface area contributed by atoms with Gasteiger partial charge >= 0.3 is 0 Å². The number of aromatic nitrogens is 5. The lowest BCUT2D eigenvalue weighted by Crippen LogP contribution is -1.98. The van der Waals surface area contributed by atoms with E-state index in [2.05, 4.69) is 25.4 Å². The molecule has 8 heteroatoms. The summed E-state index contributed by atoms with van der Waals surface area (Å²) in [6, 6.07) is 19.7. The van der Waals surface area contributed by atoms with E-state index in [9.17, 15) is 0 Å². The first-order chi connectivity index (χ1) is 14.3. The number of hydrogen-bond donors (Lipinski definition) is 1. The molecule has 0 bridgehead atoms. The molecule has 1 N–H and O–H groups in total. The van der Waals surface area contributed by atoms with E-state index in [1.54, 1.807) is 7.11 Å². The van der Waals surface area contributed by atoms with Crippen LogP contribution in [0.2, 0.25) is 0 Å². The van der Waals surface area contributed by atoms with Crippen LogP contribution in [0.15, 0.2) is 72.4 Å². The predicted molar refractivity (Wildman–Crippen MR) is 114 cm³/mol. The second-order valence-corrected chi connectivity index (χ2v) is 7.10. The van der Waals surface area contributed by atoms with Crippen LogP contribution in [0.25, 0.3) is 27.5 Å². The smallest absolute Gasteiger partial charge is 0.249 e. The highest BCUT2D eigenvalue weighted by molar-refractivity contribution is 7.15. The molecule has 0 fully saturated rings. The Bertz CT molecular complexity index is 1280. The molecule has 0 aliphatic rings. The zero-order valence-electron chi connectivity index (χ0n) is 15.5. The van der Waals surface area contributed by atoms with Crippen LogP contribution < -0.4 is 10.1 Å². The maximum absolute atomic E-state index is 5.33. The number of anilines is 2. The summed E-state index contributed by atoms with van der Waals surface area (Å²) < 4.78 is 7.15. The minimum Gasteiger partial charge on any atom is -0.497 e. The number of ether oxygens (including phenoxy) is 1. The molecule has 2 aromatic carbocycles. The fraction of sp³-hybridized carbons (Fsp3) is 0.0476. The van der Waals surface area contributed by atoms with Crippen molar-refractivity contribution in [2.24, 2.45) is 0 Å². The molecule has 5 aromatic rings. The van der Waals surface area contributed by atoms with Crippen LogP contribution in [0.5, 0.6) is 5.75 Å². The maximum atomic E-state index is 5.33. The Kier molecular flexibility index (Phi) is 4.38. The van der Waals surface area contributed by atoms with Gasteiger partial charge in [-0.05, 0) is 12.1 Å². The first kappa shape index (κ1) is 17.3. The molecular formula is C21H16N6OS. The summed E-state index contributed by atoms with van der Waals surface area (Å²) in [5, 5.41) is 9.82. The number of hydrogen-bond acceptors (Lipinski definition) is 7. The molecule has 7 nitrogen and oxygen atoms in total. The molecule has 0 aliphatic heterocycles. The summed E-state index contributed by atoms with van der Waals surface area (Å²) in [6.45, 7) is 0. The highest BCUT2D eigenvalue weighted by Gasteiger charge is 2.13. The first-order valence-electron chi connectivity index (χ1n) is 8.93. The molecule has 3 heterocycles. The van der Waals surface area contributed by atoms with Gasteiger partial charge in [-0.25, -0.2) is 14.5 Å². The number of rotatable bonds is 5. The summed E-state index contributed by atoms with van der Waals surface area (Å²) in [6.07, 6.45) is 1.53. The monoisotopic (exact) mass is 400 g/mol. The van der Waals surface area contributed by atoms with E-state index in [1.165, 1.54) is 17.7 Å². The summed E-state index contributed by atoms with van der Waals surface area (Å²) in [5.74, 6) is 1.92. The third-order valence-electron chi connectivity index (χ3n) is 4.42. The highest BCUT2D eigenvalue weighted by Crippen LogP contribution is 2.29. The molecule has 0 radical (unpaired) electrons. The lowest BCUT2D eigenvalue weighted by Gasteiger charge is -2.04. The number of thiazole rings is 1. The van der Waals surface area contributed by atoms with Gasteiger partial charge in [0.15, 0.2) is 0 Å². The Balaban J connectivity index is 1.46. The number of benzene rings is 2. The third kappa shape index (κ3) is 3.41. The van der Waals surface area contributed by atoms with Crippen molar-refractivity contribution >= 4 is 28.1 Å². The van der Waals surface area contributed by atoms with Gasteiger partial charge in [0.1, 0.15) is 17.9 Å². The molecule has 0 unspecified atom stereocenters. The molecule has 0 amide bonds. The van der Waals surface area contributed by atoms with Crippen LogP contribution in [0.4, 0.5) is 11.8 Å². The van der Waals surface area contributed by atoms with E-state index >= 15 is 0 Å². The van der Waals surface area contributed by atoms with Gasteiger partial charge in [0, 0.05) is 22.6 Å². The Morgan fingerprint density at radius 3 is 2.69 bits per heavy atom. The van der Waals surface area contributed by atoms with Gasteiger partial charge in [0.05, 0.1) is 18.5 Å². The van der Waals surface area contributed by atoms with Gasteiger partial charge in [-0.15, -0.1) is 16.4 Å². The molecule has 0 saturated heterocycles. The van der Waals surface area contributed by atoms with Crippen LogP contribution in [0.3, 0.4) is 0 Å². The van der Waals surface area contributed by atoms with E-state index in [-0.39, 0.29) is 0 Å². The van der Waals surface area contributed by atoms with E-state index in [0.717, 1.165) is 33.2 Å². The molecule has 0 atom stereocenters. The third-order valence-corrected chi connectivity index (χ3v) is 5.24. The standard InChI is InChI=1S/C21H16N6OS/c1-28-16-9-5-8-15(10-16)18-12-29-21-25-20(26-27(18)21)24-19-11-17(22-13-23-19)14-6-3-2-4-7-14/h2-13H,1H3,(H,22,23,24,26). The van der Waals surface area contributed by atoms with Gasteiger partial charge in [0.25, 0.3) is 0 Å². The van der Waals surface area contributed by atoms with E-state index < -0.39 is 0 Å². The van der Waals surface area contributed by atoms with Crippen molar-refractivity contribution in [3.63, 3.8) is 0 Å². The number of nitrogens with one attached hydrogen (secondary N) is 1. The van der Waals surface area contributed by atoms with Crippen molar-refractivity contribution in [1.29, 1.82) is 0 Å². The number of fused-ring (bicyclic) bond motifs is 1. The summed E-state index contributed by atoms with van der Waals surface area (Å²) in [7, 11) is 1.66. The van der Waals surface area contributed by atoms with Gasteiger partial charge in [-0.1, -0.05) is 42.5 Å². The lowest BCUT2D eigenvalue weighted by atomic mass is 10.1. The van der Waals surface area contributed by atoms with Crippen LogP contribution in [0, 0.1) is 0 Å². The predicted octanol–water partition coefficient (Wildman–Crippen LogP) is 4.67. The topological polar surface area (TPSA) is 77.2 Å². The van der Waals surface area contributed by atoms with Crippen molar-refractivity contribution in [3.8, 4) is 28.3 Å². The molecule has 0 aliphatic carbocycles. The molecular weight excluding hydrogens is 384 g/mol. The number of nitrogens with zero attached hydrogens (tertiary/aromatic N) is 5. The molecule has 0 spiro atoms. The quantitative estimate of drug-likeness (QED) is 0.462. The SMILES string of the molecule is COc1cccc(-c2csc3nc(Nc4cc(-c5ccccc5)ncn4)nn23)c1. The Labute approximate surface area is 170 Å². The van der Waals surface area contributed by atoms with Crippen molar-refractivity contribution in [2.75, 3.05) is 12.4 Å². The van der Waals surface area contributed by atoms with E-state index in [1.807, 2.05) is 70.6 Å². The second kappa shape index (κ2) is 7.33. The average molecular weight is 400 g/mol. The van der Waals surface area contributed by atoms with Crippen molar-refractivity contribution in [3.05, 3.63) is 72.4 Å². The number of methoxy groups -OCH3 is 1.